The largest absolute Gasteiger partial charge is 0.497 e. The molecule has 1 aromatic rings. The number of hydrogen-bond donors (Lipinski definition) is 1. The summed E-state index contributed by atoms with van der Waals surface area (Å²) in [6.07, 6.45) is 0.532. The van der Waals surface area contributed by atoms with Gasteiger partial charge in [0, 0.05) is 18.2 Å². The number of carbonyl (C=O) groups excluding carboxylic acids is 2. The quantitative estimate of drug-likeness (QED) is 0.909. The third-order valence-corrected chi connectivity index (χ3v) is 3.58. The van der Waals surface area contributed by atoms with Crippen LogP contribution in [0.2, 0.25) is 0 Å². The van der Waals surface area contributed by atoms with Crippen molar-refractivity contribution in [2.45, 2.75) is 32.4 Å². The number of anilines is 1. The molecule has 0 aliphatic carbocycles. The van der Waals surface area contributed by atoms with E-state index in [1.54, 1.807) is 39.3 Å². The number of amides is 2. The number of ether oxygens (including phenoxy) is 2. The number of benzene rings is 1. The van der Waals surface area contributed by atoms with Gasteiger partial charge in [0.15, 0.2) is 0 Å². The Morgan fingerprint density at radius 3 is 2.19 bits per heavy atom. The summed E-state index contributed by atoms with van der Waals surface area (Å²) in [4.78, 5) is 26.1. The predicted molar refractivity (Wildman–Crippen MR) is 78.7 cm³/mol. The maximum absolute atomic E-state index is 12.5. The summed E-state index contributed by atoms with van der Waals surface area (Å²) in [6.45, 7) is 3.55. The molecular weight excluding hydrogens is 272 g/mol. The third kappa shape index (κ3) is 2.79. The minimum atomic E-state index is -0.544. The Labute approximate surface area is 124 Å². The molecule has 1 aromatic carbocycles. The van der Waals surface area contributed by atoms with Crippen LogP contribution >= 0.6 is 0 Å². The van der Waals surface area contributed by atoms with Crippen LogP contribution in [0, 0.1) is 0 Å². The topological polar surface area (TPSA) is 67.9 Å². The SMILES string of the molecule is CCC1C(=O)NC(C)C(=O)N1c1cc(OC)cc(OC)c1. The van der Waals surface area contributed by atoms with Crippen LogP contribution in [0.3, 0.4) is 0 Å². The Morgan fingerprint density at radius 2 is 1.71 bits per heavy atom. The molecule has 114 valence electrons. The zero-order valence-corrected chi connectivity index (χ0v) is 12.7. The van der Waals surface area contributed by atoms with E-state index in [-0.39, 0.29) is 11.8 Å². The summed E-state index contributed by atoms with van der Waals surface area (Å²) >= 11 is 0. The molecule has 1 heterocycles. The van der Waals surface area contributed by atoms with Crippen molar-refractivity contribution in [3.8, 4) is 11.5 Å². The van der Waals surface area contributed by atoms with E-state index in [0.29, 0.717) is 23.6 Å². The Kier molecular flexibility index (Phi) is 4.35. The van der Waals surface area contributed by atoms with E-state index < -0.39 is 12.1 Å². The van der Waals surface area contributed by atoms with Gasteiger partial charge in [-0.25, -0.2) is 0 Å². The van der Waals surface area contributed by atoms with Crippen molar-refractivity contribution in [3.63, 3.8) is 0 Å². The van der Waals surface area contributed by atoms with Crippen LogP contribution in [0.25, 0.3) is 0 Å². The fraction of sp³-hybridized carbons (Fsp3) is 0.467. The van der Waals surface area contributed by atoms with Crippen molar-refractivity contribution >= 4 is 17.5 Å². The van der Waals surface area contributed by atoms with Gasteiger partial charge in [0.05, 0.1) is 19.9 Å². The van der Waals surface area contributed by atoms with Crippen LogP contribution in [0.5, 0.6) is 11.5 Å². The van der Waals surface area contributed by atoms with E-state index in [1.807, 2.05) is 6.92 Å². The van der Waals surface area contributed by atoms with E-state index in [1.165, 1.54) is 4.90 Å². The maximum atomic E-state index is 12.5. The Bertz CT molecular complexity index is 536. The van der Waals surface area contributed by atoms with E-state index in [9.17, 15) is 9.59 Å². The molecule has 21 heavy (non-hydrogen) atoms. The first kappa shape index (κ1) is 15.2. The van der Waals surface area contributed by atoms with Crippen molar-refractivity contribution in [2.24, 2.45) is 0 Å². The Balaban J connectivity index is 2.49. The monoisotopic (exact) mass is 292 g/mol. The lowest BCUT2D eigenvalue weighted by atomic mass is 10.0. The lowest BCUT2D eigenvalue weighted by Gasteiger charge is -2.37. The van der Waals surface area contributed by atoms with Gasteiger partial charge in [0.1, 0.15) is 23.6 Å². The standard InChI is InChI=1S/C15H20N2O4/c1-5-13-14(18)16-9(2)15(19)17(13)10-6-11(20-3)8-12(7-10)21-4/h6-9,13H,5H2,1-4H3,(H,16,18). The number of nitrogens with zero attached hydrogens (tertiary/aromatic N) is 1. The Morgan fingerprint density at radius 1 is 1.14 bits per heavy atom. The minimum absolute atomic E-state index is 0.142. The normalized spacial score (nSPS) is 22.0. The van der Waals surface area contributed by atoms with Crippen LogP contribution in [0.15, 0.2) is 18.2 Å². The number of hydrogen-bond acceptors (Lipinski definition) is 4. The van der Waals surface area contributed by atoms with Gasteiger partial charge >= 0.3 is 0 Å². The van der Waals surface area contributed by atoms with Gasteiger partial charge in [-0.1, -0.05) is 6.92 Å². The average Bonchev–Trinajstić information content (AvgIpc) is 2.49. The van der Waals surface area contributed by atoms with E-state index >= 15 is 0 Å². The third-order valence-electron chi connectivity index (χ3n) is 3.58. The maximum Gasteiger partial charge on any atom is 0.250 e. The second kappa shape index (κ2) is 6.03. The van der Waals surface area contributed by atoms with E-state index in [0.717, 1.165) is 0 Å². The highest BCUT2D eigenvalue weighted by atomic mass is 16.5. The summed E-state index contributed by atoms with van der Waals surface area (Å²) in [7, 11) is 3.09. The molecule has 0 radical (unpaired) electrons. The molecule has 2 atom stereocenters. The van der Waals surface area contributed by atoms with Gasteiger partial charge < -0.3 is 14.8 Å². The van der Waals surface area contributed by atoms with Crippen molar-refractivity contribution in [3.05, 3.63) is 18.2 Å². The summed E-state index contributed by atoms with van der Waals surface area (Å²) in [5, 5.41) is 2.69. The van der Waals surface area contributed by atoms with Gasteiger partial charge in [-0.05, 0) is 13.3 Å². The van der Waals surface area contributed by atoms with Gasteiger partial charge in [-0.3, -0.25) is 14.5 Å². The average molecular weight is 292 g/mol. The first-order valence-corrected chi connectivity index (χ1v) is 6.88. The molecule has 6 nitrogen and oxygen atoms in total. The molecule has 0 spiro atoms. The van der Waals surface area contributed by atoms with Crippen molar-refractivity contribution < 1.29 is 19.1 Å². The zero-order valence-electron chi connectivity index (χ0n) is 12.7. The smallest absolute Gasteiger partial charge is 0.250 e. The lowest BCUT2D eigenvalue weighted by Crippen LogP contribution is -2.62. The molecule has 2 amide bonds. The second-order valence-electron chi connectivity index (χ2n) is 4.93. The first-order chi connectivity index (χ1) is 10.0. The predicted octanol–water partition coefficient (Wildman–Crippen LogP) is 1.33. The number of rotatable bonds is 4. The first-order valence-electron chi connectivity index (χ1n) is 6.88. The minimum Gasteiger partial charge on any atom is -0.497 e. The van der Waals surface area contributed by atoms with Gasteiger partial charge in [-0.15, -0.1) is 0 Å². The number of nitrogens with one attached hydrogen (secondary N) is 1. The molecule has 0 aromatic heterocycles. The number of carbonyl (C=O) groups is 2. The summed E-state index contributed by atoms with van der Waals surface area (Å²) in [5.74, 6) is 0.861. The van der Waals surface area contributed by atoms with Crippen molar-refractivity contribution in [1.82, 2.24) is 5.32 Å². The van der Waals surface area contributed by atoms with Crippen LogP contribution in [-0.4, -0.2) is 38.1 Å². The molecule has 2 rings (SSSR count). The molecule has 1 fully saturated rings. The summed E-state index contributed by atoms with van der Waals surface area (Å²) in [5.41, 5.74) is 0.602. The fourth-order valence-electron chi connectivity index (χ4n) is 2.46. The molecule has 1 aliphatic heterocycles. The molecule has 6 heteroatoms. The zero-order chi connectivity index (χ0) is 15.6. The van der Waals surface area contributed by atoms with Crippen molar-refractivity contribution in [1.29, 1.82) is 0 Å². The molecule has 0 bridgehead atoms. The van der Waals surface area contributed by atoms with Gasteiger partial charge in [-0.2, -0.15) is 0 Å². The van der Waals surface area contributed by atoms with Gasteiger partial charge in [0.25, 0.3) is 0 Å². The highest BCUT2D eigenvalue weighted by Gasteiger charge is 2.38. The van der Waals surface area contributed by atoms with Crippen LogP contribution < -0.4 is 19.7 Å². The number of methoxy groups -OCH3 is 2. The highest BCUT2D eigenvalue weighted by Crippen LogP contribution is 2.31. The van der Waals surface area contributed by atoms with E-state index in [4.69, 9.17) is 9.47 Å². The fourth-order valence-corrected chi connectivity index (χ4v) is 2.46. The molecule has 1 aliphatic rings. The molecular formula is C15H20N2O4. The molecule has 1 N–H and O–H groups in total. The van der Waals surface area contributed by atoms with Gasteiger partial charge in [0.2, 0.25) is 11.8 Å². The number of piperazine rings is 1. The highest BCUT2D eigenvalue weighted by molar-refractivity contribution is 6.08. The lowest BCUT2D eigenvalue weighted by molar-refractivity contribution is -0.133. The molecule has 0 saturated carbocycles. The Hall–Kier alpha value is -2.24. The summed E-state index contributed by atoms with van der Waals surface area (Å²) < 4.78 is 10.5. The van der Waals surface area contributed by atoms with Crippen LogP contribution in [0.4, 0.5) is 5.69 Å². The second-order valence-corrected chi connectivity index (χ2v) is 4.93. The molecule has 1 saturated heterocycles. The van der Waals surface area contributed by atoms with E-state index in [2.05, 4.69) is 5.32 Å². The van der Waals surface area contributed by atoms with Crippen LogP contribution in [-0.2, 0) is 9.59 Å². The van der Waals surface area contributed by atoms with Crippen LogP contribution in [0.1, 0.15) is 20.3 Å². The van der Waals surface area contributed by atoms with Crippen molar-refractivity contribution in [2.75, 3.05) is 19.1 Å². The molecule has 2 unspecified atom stereocenters. The summed E-state index contributed by atoms with van der Waals surface area (Å²) in [6, 6.07) is 4.12.